The summed E-state index contributed by atoms with van der Waals surface area (Å²) in [7, 11) is 0. The van der Waals surface area contributed by atoms with Crippen molar-refractivity contribution in [3.63, 3.8) is 0 Å². The number of ether oxygens (including phenoxy) is 1. The van der Waals surface area contributed by atoms with Crippen LogP contribution in [0.2, 0.25) is 5.02 Å². The van der Waals surface area contributed by atoms with Gasteiger partial charge in [-0.15, -0.1) is 16.4 Å². The van der Waals surface area contributed by atoms with Crippen molar-refractivity contribution in [2.24, 2.45) is 0 Å². The fourth-order valence-electron chi connectivity index (χ4n) is 3.47. The third-order valence-corrected chi connectivity index (χ3v) is 6.31. The number of hydrogen-bond acceptors (Lipinski definition) is 6. The molecule has 2 N–H and O–H groups in total. The molecule has 0 unspecified atom stereocenters. The Morgan fingerprint density at radius 1 is 1.18 bits per heavy atom. The number of benzene rings is 2. The molecule has 0 fully saturated rings. The first-order valence-corrected chi connectivity index (χ1v) is 12.1. The fourth-order valence-corrected chi connectivity index (χ4v) is 5.01. The molecular formula is C24H22ClN5O2S2. The van der Waals surface area contributed by atoms with Crippen LogP contribution in [0, 0.1) is 6.92 Å². The second kappa shape index (κ2) is 10.8. The third kappa shape index (κ3) is 5.61. The van der Waals surface area contributed by atoms with Gasteiger partial charge in [0.25, 0.3) is 0 Å². The van der Waals surface area contributed by atoms with Gasteiger partial charge in [-0.1, -0.05) is 54.1 Å². The quantitative estimate of drug-likeness (QED) is 0.232. The van der Waals surface area contributed by atoms with Crippen molar-refractivity contribution in [3.8, 4) is 11.1 Å². The fraction of sp³-hybridized carbons (Fsp3) is 0.167. The summed E-state index contributed by atoms with van der Waals surface area (Å²) in [5.74, 6) is -0.0614. The minimum atomic E-state index is -0.403. The maximum atomic E-state index is 12.9. The van der Waals surface area contributed by atoms with E-state index in [4.69, 9.17) is 28.6 Å². The lowest BCUT2D eigenvalue weighted by molar-refractivity contribution is 0.0529. The largest absolute Gasteiger partial charge is 0.462 e. The predicted molar refractivity (Wildman–Crippen MR) is 141 cm³/mol. The van der Waals surface area contributed by atoms with Crippen molar-refractivity contribution in [3.05, 3.63) is 82.0 Å². The number of carbonyl (C=O) groups is 1. The molecule has 2 aromatic carbocycles. The molecule has 174 valence electrons. The maximum Gasteiger partial charge on any atom is 0.341 e. The van der Waals surface area contributed by atoms with Gasteiger partial charge in [0.15, 0.2) is 5.11 Å². The lowest BCUT2D eigenvalue weighted by Gasteiger charge is -2.10. The number of anilines is 2. The van der Waals surface area contributed by atoms with Crippen LogP contribution in [-0.2, 0) is 11.3 Å². The normalized spacial score (nSPS) is 10.7. The van der Waals surface area contributed by atoms with E-state index in [1.54, 1.807) is 17.9 Å². The van der Waals surface area contributed by atoms with Gasteiger partial charge in [0.2, 0.25) is 5.95 Å². The minimum absolute atomic E-state index is 0.270. The smallest absolute Gasteiger partial charge is 0.341 e. The summed E-state index contributed by atoms with van der Waals surface area (Å²) in [6, 6.07) is 17.3. The second-order valence-electron chi connectivity index (χ2n) is 7.30. The van der Waals surface area contributed by atoms with Crippen LogP contribution < -0.4 is 10.6 Å². The summed E-state index contributed by atoms with van der Waals surface area (Å²) in [5, 5.41) is 12.1. The van der Waals surface area contributed by atoms with Crippen molar-refractivity contribution in [1.29, 1.82) is 0 Å². The Morgan fingerprint density at radius 2 is 1.97 bits per heavy atom. The molecule has 0 bridgehead atoms. The molecule has 2 aromatic heterocycles. The van der Waals surface area contributed by atoms with Crippen molar-refractivity contribution in [1.82, 2.24) is 14.8 Å². The van der Waals surface area contributed by atoms with Gasteiger partial charge in [-0.25, -0.2) is 14.5 Å². The summed E-state index contributed by atoms with van der Waals surface area (Å²) >= 11 is 13.0. The average molecular weight is 512 g/mol. The average Bonchev–Trinajstić information content (AvgIpc) is 3.37. The zero-order valence-electron chi connectivity index (χ0n) is 18.5. The molecule has 0 saturated heterocycles. The van der Waals surface area contributed by atoms with Gasteiger partial charge in [0.1, 0.15) is 16.9 Å². The molecular weight excluding hydrogens is 490 g/mol. The van der Waals surface area contributed by atoms with E-state index < -0.39 is 5.97 Å². The summed E-state index contributed by atoms with van der Waals surface area (Å²) < 4.78 is 7.02. The summed E-state index contributed by atoms with van der Waals surface area (Å²) in [6.07, 6.45) is 1.61. The Balaban J connectivity index is 1.52. The zero-order chi connectivity index (χ0) is 24.1. The van der Waals surface area contributed by atoms with Crippen LogP contribution in [0.3, 0.4) is 0 Å². The van der Waals surface area contributed by atoms with Crippen LogP contribution in [0.1, 0.15) is 27.7 Å². The molecule has 0 spiro atoms. The number of aryl methyl sites for hydroxylation is 1. The van der Waals surface area contributed by atoms with Gasteiger partial charge in [-0.2, -0.15) is 0 Å². The standard InChI is InChI=1S/C24H22ClN5O2S2/c1-3-32-22(31)20-19(17-9-5-4-6-10-17)15(2)34-21(20)27-24(33)28-23-26-14-30(29-23)13-16-8-7-11-18(25)12-16/h4-12,14H,3,13H2,1-2H3,(H2,27,28,29,33). The molecule has 0 aliphatic rings. The first-order chi connectivity index (χ1) is 16.4. The van der Waals surface area contributed by atoms with Crippen LogP contribution in [0.4, 0.5) is 10.9 Å². The van der Waals surface area contributed by atoms with Gasteiger partial charge >= 0.3 is 5.97 Å². The molecule has 4 rings (SSSR count). The highest BCUT2D eigenvalue weighted by molar-refractivity contribution is 7.80. The molecule has 0 aliphatic carbocycles. The molecule has 0 radical (unpaired) electrons. The van der Waals surface area contributed by atoms with E-state index in [0.717, 1.165) is 21.6 Å². The Kier molecular flexibility index (Phi) is 7.56. The SMILES string of the molecule is CCOC(=O)c1c(NC(=S)Nc2ncn(Cc3cccc(Cl)c3)n2)sc(C)c1-c1ccccc1. The third-order valence-electron chi connectivity index (χ3n) is 4.85. The predicted octanol–water partition coefficient (Wildman–Crippen LogP) is 6.00. The highest BCUT2D eigenvalue weighted by Crippen LogP contribution is 2.40. The zero-order valence-corrected chi connectivity index (χ0v) is 20.9. The number of rotatable bonds is 7. The first-order valence-electron chi connectivity index (χ1n) is 10.5. The molecule has 0 atom stereocenters. The highest BCUT2D eigenvalue weighted by atomic mass is 35.5. The molecule has 0 saturated carbocycles. The lowest BCUT2D eigenvalue weighted by Crippen LogP contribution is -2.21. The summed E-state index contributed by atoms with van der Waals surface area (Å²) in [6.45, 7) is 4.55. The number of hydrogen-bond donors (Lipinski definition) is 2. The number of nitrogens with one attached hydrogen (secondary N) is 2. The molecule has 0 aliphatic heterocycles. The number of esters is 1. The number of nitrogens with zero attached hydrogens (tertiary/aromatic N) is 3. The molecule has 7 nitrogen and oxygen atoms in total. The van der Waals surface area contributed by atoms with Crippen molar-refractivity contribution in [2.45, 2.75) is 20.4 Å². The second-order valence-corrected chi connectivity index (χ2v) is 9.37. The summed E-state index contributed by atoms with van der Waals surface area (Å²) in [4.78, 5) is 18.1. The number of thiocarbonyl (C=S) groups is 1. The number of aromatic nitrogens is 3. The molecule has 4 aromatic rings. The number of carbonyl (C=O) groups excluding carboxylic acids is 1. The van der Waals surface area contributed by atoms with E-state index in [1.165, 1.54) is 11.3 Å². The Hall–Kier alpha value is -3.27. The van der Waals surface area contributed by atoms with Gasteiger partial charge in [0, 0.05) is 15.5 Å². The van der Waals surface area contributed by atoms with E-state index in [2.05, 4.69) is 20.7 Å². The van der Waals surface area contributed by atoms with Gasteiger partial charge in [-0.3, -0.25) is 5.32 Å². The van der Waals surface area contributed by atoms with Gasteiger partial charge in [0.05, 0.1) is 13.2 Å². The van der Waals surface area contributed by atoms with E-state index >= 15 is 0 Å². The Morgan fingerprint density at radius 3 is 2.71 bits per heavy atom. The van der Waals surface area contributed by atoms with Crippen LogP contribution in [0.15, 0.2) is 60.9 Å². The van der Waals surface area contributed by atoms with Gasteiger partial charge < -0.3 is 10.1 Å². The minimum Gasteiger partial charge on any atom is -0.462 e. The monoisotopic (exact) mass is 511 g/mol. The molecule has 2 heterocycles. The van der Waals surface area contributed by atoms with Crippen molar-refractivity contribution >= 4 is 57.2 Å². The van der Waals surface area contributed by atoms with Crippen LogP contribution in [0.25, 0.3) is 11.1 Å². The number of halogens is 1. The summed E-state index contributed by atoms with van der Waals surface area (Å²) in [5.41, 5.74) is 3.23. The van der Waals surface area contributed by atoms with Gasteiger partial charge in [-0.05, 0) is 49.3 Å². The van der Waals surface area contributed by atoms with E-state index in [0.29, 0.717) is 28.1 Å². The van der Waals surface area contributed by atoms with Crippen molar-refractivity contribution < 1.29 is 9.53 Å². The topological polar surface area (TPSA) is 81.1 Å². The molecule has 34 heavy (non-hydrogen) atoms. The van der Waals surface area contributed by atoms with E-state index in [1.807, 2.05) is 61.5 Å². The maximum absolute atomic E-state index is 12.9. The molecule has 0 amide bonds. The van der Waals surface area contributed by atoms with Crippen LogP contribution >= 0.6 is 35.2 Å². The van der Waals surface area contributed by atoms with Crippen LogP contribution in [-0.4, -0.2) is 32.5 Å². The molecule has 10 heteroatoms. The van der Waals surface area contributed by atoms with E-state index in [9.17, 15) is 4.79 Å². The van der Waals surface area contributed by atoms with Crippen molar-refractivity contribution in [2.75, 3.05) is 17.2 Å². The first kappa shape index (κ1) is 23.9. The lowest BCUT2D eigenvalue weighted by atomic mass is 10.0. The Labute approximate surface area is 211 Å². The van der Waals surface area contributed by atoms with Crippen LogP contribution in [0.5, 0.6) is 0 Å². The Bertz CT molecular complexity index is 1320. The highest BCUT2D eigenvalue weighted by Gasteiger charge is 2.25. The number of thiophene rings is 1. The van der Waals surface area contributed by atoms with E-state index in [-0.39, 0.29) is 11.7 Å².